The van der Waals surface area contributed by atoms with E-state index < -0.39 is 11.9 Å². The van der Waals surface area contributed by atoms with Crippen LogP contribution in [0, 0.1) is 17.8 Å². The molecule has 1 aromatic rings. The zero-order chi connectivity index (χ0) is 16.8. The van der Waals surface area contributed by atoms with Gasteiger partial charge in [0.25, 0.3) is 0 Å². The van der Waals surface area contributed by atoms with Crippen LogP contribution in [0.15, 0.2) is 24.3 Å². The van der Waals surface area contributed by atoms with Crippen molar-refractivity contribution in [3.63, 3.8) is 0 Å². The van der Waals surface area contributed by atoms with Gasteiger partial charge < -0.3 is 15.2 Å². The number of amides is 1. The van der Waals surface area contributed by atoms with Crippen molar-refractivity contribution < 1.29 is 19.4 Å². The number of rotatable bonds is 9. The van der Waals surface area contributed by atoms with Crippen molar-refractivity contribution in [1.82, 2.24) is 5.32 Å². The Bertz CT molecular complexity index is 536. The van der Waals surface area contributed by atoms with E-state index in [-0.39, 0.29) is 18.4 Å². The molecule has 2 unspecified atom stereocenters. The minimum atomic E-state index is -0.891. The first kappa shape index (κ1) is 17.3. The van der Waals surface area contributed by atoms with Gasteiger partial charge in [-0.05, 0) is 49.8 Å². The van der Waals surface area contributed by atoms with Gasteiger partial charge in [0, 0.05) is 12.5 Å². The molecule has 0 aliphatic heterocycles. The zero-order valence-corrected chi connectivity index (χ0v) is 13.7. The van der Waals surface area contributed by atoms with Gasteiger partial charge in [-0.25, -0.2) is 0 Å². The maximum absolute atomic E-state index is 12.0. The fourth-order valence-corrected chi connectivity index (χ4v) is 2.61. The largest absolute Gasteiger partial charge is 0.494 e. The summed E-state index contributed by atoms with van der Waals surface area (Å²) in [5.41, 5.74) is 0.922. The number of aliphatic carboxylic acids is 1. The molecular weight excluding hydrogens is 294 g/mol. The summed E-state index contributed by atoms with van der Waals surface area (Å²) >= 11 is 0. The lowest BCUT2D eigenvalue weighted by Crippen LogP contribution is -2.37. The highest BCUT2D eigenvalue weighted by atomic mass is 16.5. The number of ether oxygens (including phenoxy) is 1. The summed E-state index contributed by atoms with van der Waals surface area (Å²) in [5.74, 6) is -0.319. The van der Waals surface area contributed by atoms with Crippen LogP contribution < -0.4 is 10.1 Å². The molecule has 1 saturated carbocycles. The van der Waals surface area contributed by atoms with Crippen LogP contribution in [0.5, 0.6) is 5.75 Å². The summed E-state index contributed by atoms with van der Waals surface area (Å²) in [6.45, 7) is 4.59. The topological polar surface area (TPSA) is 75.6 Å². The first-order valence-electron chi connectivity index (χ1n) is 8.23. The molecule has 0 aromatic heterocycles. The van der Waals surface area contributed by atoms with Crippen LogP contribution in [0.1, 0.15) is 32.3 Å². The highest BCUT2D eigenvalue weighted by Crippen LogP contribution is 2.36. The lowest BCUT2D eigenvalue weighted by molar-refractivity contribution is -0.141. The summed E-state index contributed by atoms with van der Waals surface area (Å²) in [5, 5.41) is 12.2. The van der Waals surface area contributed by atoms with Crippen LogP contribution in [0.3, 0.4) is 0 Å². The summed E-state index contributed by atoms with van der Waals surface area (Å²) < 4.78 is 5.37. The third-order valence-electron chi connectivity index (χ3n) is 4.33. The molecule has 5 nitrogen and oxygen atoms in total. The van der Waals surface area contributed by atoms with E-state index in [9.17, 15) is 14.7 Å². The number of hydrogen-bond acceptors (Lipinski definition) is 3. The van der Waals surface area contributed by atoms with E-state index in [1.54, 1.807) is 0 Å². The highest BCUT2D eigenvalue weighted by molar-refractivity contribution is 5.80. The van der Waals surface area contributed by atoms with Gasteiger partial charge in [0.1, 0.15) is 5.75 Å². The zero-order valence-electron chi connectivity index (χ0n) is 13.7. The van der Waals surface area contributed by atoms with Crippen molar-refractivity contribution in [3.05, 3.63) is 29.8 Å². The van der Waals surface area contributed by atoms with Crippen LogP contribution in [-0.4, -0.2) is 30.1 Å². The Labute approximate surface area is 137 Å². The summed E-state index contributed by atoms with van der Waals surface area (Å²) in [4.78, 5) is 23.4. The number of hydrogen-bond donors (Lipinski definition) is 2. The first-order chi connectivity index (χ1) is 11.0. The van der Waals surface area contributed by atoms with E-state index in [2.05, 4.69) is 5.32 Å². The molecule has 1 aliphatic carbocycles. The summed E-state index contributed by atoms with van der Waals surface area (Å²) in [7, 11) is 0. The third kappa shape index (κ3) is 5.27. The van der Waals surface area contributed by atoms with Crippen molar-refractivity contribution in [2.75, 3.05) is 13.2 Å². The third-order valence-corrected chi connectivity index (χ3v) is 4.33. The monoisotopic (exact) mass is 319 g/mol. The van der Waals surface area contributed by atoms with Crippen molar-refractivity contribution in [1.29, 1.82) is 0 Å². The van der Waals surface area contributed by atoms with Gasteiger partial charge in [0.05, 0.1) is 12.5 Å². The van der Waals surface area contributed by atoms with Crippen LogP contribution >= 0.6 is 0 Å². The van der Waals surface area contributed by atoms with Gasteiger partial charge >= 0.3 is 5.97 Å². The average Bonchev–Trinajstić information content (AvgIpc) is 3.36. The first-order valence-corrected chi connectivity index (χ1v) is 8.23. The Morgan fingerprint density at radius 2 is 1.96 bits per heavy atom. The number of benzene rings is 1. The van der Waals surface area contributed by atoms with Crippen molar-refractivity contribution in [2.24, 2.45) is 17.8 Å². The van der Waals surface area contributed by atoms with E-state index in [0.717, 1.165) is 24.2 Å². The van der Waals surface area contributed by atoms with E-state index in [0.29, 0.717) is 18.9 Å². The van der Waals surface area contributed by atoms with Crippen molar-refractivity contribution in [2.45, 2.75) is 33.1 Å². The van der Waals surface area contributed by atoms with Crippen molar-refractivity contribution >= 4 is 11.9 Å². The second-order valence-corrected chi connectivity index (χ2v) is 6.19. The lowest BCUT2D eigenvalue weighted by atomic mass is 9.98. The van der Waals surface area contributed by atoms with Crippen LogP contribution in [0.4, 0.5) is 0 Å². The second-order valence-electron chi connectivity index (χ2n) is 6.19. The molecule has 1 aromatic carbocycles. The van der Waals surface area contributed by atoms with Gasteiger partial charge in [0.2, 0.25) is 5.91 Å². The Morgan fingerprint density at radius 3 is 2.48 bits per heavy atom. The SMILES string of the molecule is CCOc1ccc(CC(CNC(=O)C(C)C2CC2)C(=O)O)cc1. The van der Waals surface area contributed by atoms with Gasteiger partial charge in [-0.15, -0.1) is 0 Å². The summed E-state index contributed by atoms with van der Waals surface area (Å²) in [6, 6.07) is 7.42. The lowest BCUT2D eigenvalue weighted by Gasteiger charge is -2.16. The molecule has 126 valence electrons. The quantitative estimate of drug-likeness (QED) is 0.733. The molecule has 0 saturated heterocycles. The molecule has 2 rings (SSSR count). The van der Waals surface area contributed by atoms with Gasteiger partial charge in [-0.3, -0.25) is 9.59 Å². The van der Waals surface area contributed by atoms with E-state index >= 15 is 0 Å². The molecule has 1 aliphatic rings. The molecule has 1 amide bonds. The maximum atomic E-state index is 12.0. The Hall–Kier alpha value is -2.04. The normalized spacial score (nSPS) is 16.4. The molecule has 0 heterocycles. The molecule has 0 radical (unpaired) electrons. The molecule has 2 atom stereocenters. The number of carboxylic acid groups (broad SMARTS) is 1. The predicted molar refractivity (Wildman–Crippen MR) is 87.3 cm³/mol. The Morgan fingerprint density at radius 1 is 1.30 bits per heavy atom. The Balaban J connectivity index is 1.87. The highest BCUT2D eigenvalue weighted by Gasteiger charge is 2.33. The van der Waals surface area contributed by atoms with Gasteiger partial charge in [-0.1, -0.05) is 19.1 Å². The maximum Gasteiger partial charge on any atom is 0.308 e. The minimum absolute atomic E-state index is 0.0186. The second kappa shape index (κ2) is 7.99. The molecular formula is C18H25NO4. The number of carbonyl (C=O) groups is 2. The van der Waals surface area contributed by atoms with Crippen LogP contribution in [0.25, 0.3) is 0 Å². The Kier molecular flexibility index (Phi) is 6.02. The minimum Gasteiger partial charge on any atom is -0.494 e. The fourth-order valence-electron chi connectivity index (χ4n) is 2.61. The number of carbonyl (C=O) groups excluding carboxylic acids is 1. The van der Waals surface area contributed by atoms with Crippen molar-refractivity contribution in [3.8, 4) is 5.75 Å². The molecule has 0 bridgehead atoms. The predicted octanol–water partition coefficient (Wildman–Crippen LogP) is 2.49. The number of carboxylic acids is 1. The molecule has 0 spiro atoms. The molecule has 5 heteroatoms. The molecule has 1 fully saturated rings. The van der Waals surface area contributed by atoms with E-state index in [1.165, 1.54) is 0 Å². The molecule has 23 heavy (non-hydrogen) atoms. The smallest absolute Gasteiger partial charge is 0.308 e. The van der Waals surface area contributed by atoms with Crippen LogP contribution in [0.2, 0.25) is 0 Å². The van der Waals surface area contributed by atoms with Gasteiger partial charge in [0.15, 0.2) is 0 Å². The van der Waals surface area contributed by atoms with Crippen LogP contribution in [-0.2, 0) is 16.0 Å². The average molecular weight is 319 g/mol. The van der Waals surface area contributed by atoms with Gasteiger partial charge in [-0.2, -0.15) is 0 Å². The number of nitrogens with one attached hydrogen (secondary N) is 1. The standard InChI is InChI=1S/C18H25NO4/c1-3-23-16-8-4-13(5-9-16)10-15(18(21)22)11-19-17(20)12(2)14-6-7-14/h4-5,8-9,12,14-15H,3,6-7,10-11H2,1-2H3,(H,19,20)(H,21,22). The fraction of sp³-hybridized carbons (Fsp3) is 0.556. The molecule has 2 N–H and O–H groups in total. The van der Waals surface area contributed by atoms with E-state index in [1.807, 2.05) is 38.1 Å². The summed E-state index contributed by atoms with van der Waals surface area (Å²) in [6.07, 6.45) is 2.59. The van der Waals surface area contributed by atoms with E-state index in [4.69, 9.17) is 4.74 Å².